The molecule has 0 saturated carbocycles. The predicted molar refractivity (Wildman–Crippen MR) is 116 cm³/mol. The molecule has 1 heterocycles. The zero-order valence-electron chi connectivity index (χ0n) is 15.0. The molecule has 1 fully saturated rings. The van der Waals surface area contributed by atoms with E-state index in [4.69, 9.17) is 16.3 Å². The molecule has 0 atom stereocenters. The summed E-state index contributed by atoms with van der Waals surface area (Å²) in [7, 11) is 0. The Morgan fingerprint density at radius 2 is 1.88 bits per heavy atom. The first kappa shape index (κ1) is 22.5. The number of halogens is 2. The van der Waals surface area contributed by atoms with E-state index >= 15 is 0 Å². The standard InChI is InChI=1S/C18H29ClN4O.HI/c1-2-20-18(22-15-16-5-7-17(19)8-6-16)21-9-3-4-10-23-11-13-24-14-12-23;/h5-8H,2-4,9-15H2,1H3,(H2,20,21,22);1H. The maximum atomic E-state index is 5.91. The van der Waals surface area contributed by atoms with E-state index in [-0.39, 0.29) is 24.0 Å². The Morgan fingerprint density at radius 1 is 1.16 bits per heavy atom. The van der Waals surface area contributed by atoms with Crippen LogP contribution in [0.1, 0.15) is 25.3 Å². The van der Waals surface area contributed by atoms with Gasteiger partial charge in [0.2, 0.25) is 0 Å². The van der Waals surface area contributed by atoms with Crippen LogP contribution in [0.5, 0.6) is 0 Å². The van der Waals surface area contributed by atoms with E-state index < -0.39 is 0 Å². The molecule has 2 rings (SSSR count). The Balaban J connectivity index is 0.00000312. The molecule has 7 heteroatoms. The van der Waals surface area contributed by atoms with Gasteiger partial charge in [-0.2, -0.15) is 0 Å². The number of unbranched alkanes of at least 4 members (excludes halogenated alkanes) is 1. The number of nitrogens with zero attached hydrogens (tertiary/aromatic N) is 2. The lowest BCUT2D eigenvalue weighted by molar-refractivity contribution is 0.0372. The molecule has 142 valence electrons. The van der Waals surface area contributed by atoms with Gasteiger partial charge < -0.3 is 15.4 Å². The highest BCUT2D eigenvalue weighted by Crippen LogP contribution is 2.10. The van der Waals surface area contributed by atoms with Gasteiger partial charge in [0.25, 0.3) is 0 Å². The molecule has 1 saturated heterocycles. The van der Waals surface area contributed by atoms with Crippen LogP contribution in [0.2, 0.25) is 5.02 Å². The van der Waals surface area contributed by atoms with Crippen molar-refractivity contribution in [3.05, 3.63) is 34.9 Å². The second-order valence-corrected chi connectivity index (χ2v) is 6.35. The van der Waals surface area contributed by atoms with E-state index in [1.807, 2.05) is 24.3 Å². The van der Waals surface area contributed by atoms with Gasteiger partial charge in [-0.15, -0.1) is 24.0 Å². The smallest absolute Gasteiger partial charge is 0.191 e. The summed E-state index contributed by atoms with van der Waals surface area (Å²) in [6, 6.07) is 7.83. The minimum atomic E-state index is 0. The van der Waals surface area contributed by atoms with E-state index in [1.165, 1.54) is 6.42 Å². The number of benzene rings is 1. The fourth-order valence-electron chi connectivity index (χ4n) is 2.59. The average molecular weight is 481 g/mol. The number of hydrogen-bond acceptors (Lipinski definition) is 3. The molecule has 0 spiro atoms. The first-order valence-electron chi connectivity index (χ1n) is 8.84. The number of ether oxygens (including phenoxy) is 1. The van der Waals surface area contributed by atoms with E-state index in [0.29, 0.717) is 6.54 Å². The van der Waals surface area contributed by atoms with Crippen molar-refractivity contribution >= 4 is 41.5 Å². The Kier molecular flexibility index (Phi) is 12.2. The van der Waals surface area contributed by atoms with Crippen LogP contribution in [0.15, 0.2) is 29.3 Å². The van der Waals surface area contributed by atoms with Crippen LogP contribution < -0.4 is 10.6 Å². The lowest BCUT2D eigenvalue weighted by Crippen LogP contribution is -2.39. The van der Waals surface area contributed by atoms with Crippen LogP contribution in [-0.4, -0.2) is 56.8 Å². The summed E-state index contributed by atoms with van der Waals surface area (Å²) in [6.07, 6.45) is 2.34. The van der Waals surface area contributed by atoms with Gasteiger partial charge in [-0.05, 0) is 44.0 Å². The number of rotatable bonds is 8. The van der Waals surface area contributed by atoms with Crippen molar-refractivity contribution in [1.29, 1.82) is 0 Å². The largest absolute Gasteiger partial charge is 0.379 e. The van der Waals surface area contributed by atoms with E-state index in [2.05, 4.69) is 27.4 Å². The van der Waals surface area contributed by atoms with Gasteiger partial charge in [0.05, 0.1) is 19.8 Å². The molecule has 0 aliphatic carbocycles. The first-order chi connectivity index (χ1) is 11.8. The molecule has 0 unspecified atom stereocenters. The maximum Gasteiger partial charge on any atom is 0.191 e. The summed E-state index contributed by atoms with van der Waals surface area (Å²) >= 11 is 5.91. The Labute approximate surface area is 173 Å². The second kappa shape index (κ2) is 13.6. The summed E-state index contributed by atoms with van der Waals surface area (Å²) in [5.41, 5.74) is 1.16. The van der Waals surface area contributed by atoms with Crippen molar-refractivity contribution in [2.75, 3.05) is 45.9 Å². The molecule has 0 aromatic heterocycles. The maximum absolute atomic E-state index is 5.91. The van der Waals surface area contributed by atoms with E-state index in [0.717, 1.165) is 68.9 Å². The van der Waals surface area contributed by atoms with Crippen molar-refractivity contribution in [1.82, 2.24) is 15.5 Å². The second-order valence-electron chi connectivity index (χ2n) is 5.91. The topological polar surface area (TPSA) is 48.9 Å². The molecule has 1 aliphatic rings. The number of morpholine rings is 1. The SMILES string of the molecule is CCNC(=NCc1ccc(Cl)cc1)NCCCCN1CCOCC1.I. The van der Waals surface area contributed by atoms with Crippen LogP contribution in [0.3, 0.4) is 0 Å². The third-order valence-electron chi connectivity index (χ3n) is 3.97. The van der Waals surface area contributed by atoms with Gasteiger partial charge in [-0.1, -0.05) is 23.7 Å². The molecule has 0 bridgehead atoms. The van der Waals surface area contributed by atoms with Crippen LogP contribution >= 0.6 is 35.6 Å². The van der Waals surface area contributed by atoms with Gasteiger partial charge in [0.1, 0.15) is 0 Å². The summed E-state index contributed by atoms with van der Waals surface area (Å²) in [4.78, 5) is 7.10. The number of hydrogen-bond donors (Lipinski definition) is 2. The summed E-state index contributed by atoms with van der Waals surface area (Å²) < 4.78 is 5.37. The van der Waals surface area contributed by atoms with Gasteiger partial charge in [-0.3, -0.25) is 4.90 Å². The predicted octanol–water partition coefficient (Wildman–Crippen LogP) is 3.13. The van der Waals surface area contributed by atoms with Crippen molar-refractivity contribution in [3.8, 4) is 0 Å². The van der Waals surface area contributed by atoms with Crippen molar-refractivity contribution in [3.63, 3.8) is 0 Å². The van der Waals surface area contributed by atoms with Gasteiger partial charge >= 0.3 is 0 Å². The summed E-state index contributed by atoms with van der Waals surface area (Å²) in [6.45, 7) is 9.58. The third kappa shape index (κ3) is 9.63. The lowest BCUT2D eigenvalue weighted by Gasteiger charge is -2.26. The molecule has 0 amide bonds. The highest BCUT2D eigenvalue weighted by atomic mass is 127. The van der Waals surface area contributed by atoms with Crippen molar-refractivity contribution in [2.24, 2.45) is 4.99 Å². The van der Waals surface area contributed by atoms with Crippen LogP contribution in [0.4, 0.5) is 0 Å². The van der Waals surface area contributed by atoms with E-state index in [9.17, 15) is 0 Å². The van der Waals surface area contributed by atoms with Crippen LogP contribution in [-0.2, 0) is 11.3 Å². The quantitative estimate of drug-likeness (QED) is 0.260. The van der Waals surface area contributed by atoms with Gasteiger partial charge in [-0.25, -0.2) is 4.99 Å². The Morgan fingerprint density at radius 3 is 2.56 bits per heavy atom. The van der Waals surface area contributed by atoms with Crippen molar-refractivity contribution < 1.29 is 4.74 Å². The molecule has 25 heavy (non-hydrogen) atoms. The number of nitrogens with one attached hydrogen (secondary N) is 2. The first-order valence-corrected chi connectivity index (χ1v) is 9.22. The highest BCUT2D eigenvalue weighted by molar-refractivity contribution is 14.0. The van der Waals surface area contributed by atoms with E-state index in [1.54, 1.807) is 0 Å². The fraction of sp³-hybridized carbons (Fsp3) is 0.611. The van der Waals surface area contributed by atoms with Crippen molar-refractivity contribution in [2.45, 2.75) is 26.3 Å². The fourth-order valence-corrected chi connectivity index (χ4v) is 2.72. The average Bonchev–Trinajstić information content (AvgIpc) is 2.61. The molecule has 1 aliphatic heterocycles. The minimum Gasteiger partial charge on any atom is -0.379 e. The summed E-state index contributed by atoms with van der Waals surface area (Å²) in [5.74, 6) is 0.874. The third-order valence-corrected chi connectivity index (χ3v) is 4.23. The normalized spacial score (nSPS) is 15.5. The molecule has 0 radical (unpaired) electrons. The Hall–Kier alpha value is -0.570. The molecule has 1 aromatic carbocycles. The monoisotopic (exact) mass is 480 g/mol. The molecule has 5 nitrogen and oxygen atoms in total. The molecular formula is C18H30ClIN4O. The van der Waals surface area contributed by atoms with Gasteiger partial charge in [0, 0.05) is 31.2 Å². The van der Waals surface area contributed by atoms with Gasteiger partial charge in [0.15, 0.2) is 5.96 Å². The molecular weight excluding hydrogens is 451 g/mol. The van der Waals surface area contributed by atoms with Crippen LogP contribution in [0.25, 0.3) is 0 Å². The Bertz CT molecular complexity index is 492. The summed E-state index contributed by atoms with van der Waals surface area (Å²) in [5, 5.41) is 7.46. The number of guanidine groups is 1. The minimum absolute atomic E-state index is 0. The zero-order valence-corrected chi connectivity index (χ0v) is 18.1. The highest BCUT2D eigenvalue weighted by Gasteiger charge is 2.09. The lowest BCUT2D eigenvalue weighted by atomic mass is 10.2. The molecule has 1 aromatic rings. The van der Waals surface area contributed by atoms with Crippen LogP contribution in [0, 0.1) is 0 Å². The number of aliphatic imine (C=N–C) groups is 1. The zero-order chi connectivity index (χ0) is 17.0. The molecule has 2 N–H and O–H groups in total.